The van der Waals surface area contributed by atoms with Gasteiger partial charge in [-0.3, -0.25) is 4.79 Å². The number of hydrogen-bond donors (Lipinski definition) is 1. The van der Waals surface area contributed by atoms with E-state index in [0.29, 0.717) is 26.2 Å². The number of amides is 1. The Hall–Kier alpha value is -2.39. The third-order valence-corrected chi connectivity index (χ3v) is 4.61. The molecule has 0 spiro atoms. The molecule has 0 bridgehead atoms. The van der Waals surface area contributed by atoms with E-state index in [1.165, 1.54) is 18.2 Å². The maximum absolute atomic E-state index is 13.0. The zero-order valence-corrected chi connectivity index (χ0v) is 13.5. The lowest BCUT2D eigenvalue weighted by Crippen LogP contribution is -2.48. The second-order valence-corrected chi connectivity index (χ2v) is 6.91. The van der Waals surface area contributed by atoms with Gasteiger partial charge in [-0.1, -0.05) is 0 Å². The molecule has 3 rings (SSSR count). The Labute approximate surface area is 138 Å². The van der Waals surface area contributed by atoms with Gasteiger partial charge >= 0.3 is 0 Å². The lowest BCUT2D eigenvalue weighted by Gasteiger charge is -2.35. The minimum atomic E-state index is -3.97. The fourth-order valence-electron chi connectivity index (χ4n) is 2.56. The molecule has 24 heavy (non-hydrogen) atoms. The summed E-state index contributed by atoms with van der Waals surface area (Å²) in [7, 11) is -3.97. The average molecular weight is 353 g/mol. The summed E-state index contributed by atoms with van der Waals surface area (Å²) in [6.07, 6.45) is 0. The number of nitrogens with zero attached hydrogens (tertiary/aromatic N) is 2. The second-order valence-electron chi connectivity index (χ2n) is 5.42. The van der Waals surface area contributed by atoms with Crippen molar-refractivity contribution in [1.82, 2.24) is 4.90 Å². The summed E-state index contributed by atoms with van der Waals surface area (Å²) >= 11 is 0. The number of carbonyl (C=O) groups is 1. The lowest BCUT2D eigenvalue weighted by atomic mass is 10.2. The topological polar surface area (TPSA) is 96.8 Å². The SMILES string of the molecule is NS(=O)(=O)c1ccc(C(=O)N2CCN(c3ccc(F)cc3)CC2)o1. The zero-order chi connectivity index (χ0) is 17.3. The summed E-state index contributed by atoms with van der Waals surface area (Å²) in [6.45, 7) is 2.06. The molecule has 2 N–H and O–H groups in total. The highest BCUT2D eigenvalue weighted by Gasteiger charge is 2.25. The molecule has 1 aromatic carbocycles. The number of halogens is 1. The monoisotopic (exact) mass is 353 g/mol. The molecule has 0 atom stereocenters. The van der Waals surface area contributed by atoms with Crippen LogP contribution >= 0.6 is 0 Å². The largest absolute Gasteiger partial charge is 0.438 e. The smallest absolute Gasteiger partial charge is 0.289 e. The standard InChI is InChI=1S/C15H16FN3O4S/c16-11-1-3-12(4-2-11)18-7-9-19(10-8-18)15(20)13-5-6-14(23-13)24(17,21)22/h1-6H,7-10H2,(H2,17,21,22). The number of carbonyl (C=O) groups excluding carboxylic acids is 1. The van der Waals surface area contributed by atoms with Crippen LogP contribution in [0.1, 0.15) is 10.6 Å². The third kappa shape index (κ3) is 3.41. The Morgan fingerprint density at radius 1 is 1.04 bits per heavy atom. The van der Waals surface area contributed by atoms with E-state index in [-0.39, 0.29) is 17.5 Å². The molecule has 1 amide bonds. The molecule has 0 unspecified atom stereocenters. The summed E-state index contributed by atoms with van der Waals surface area (Å²) in [6, 6.07) is 8.64. The van der Waals surface area contributed by atoms with Gasteiger partial charge in [0.05, 0.1) is 0 Å². The van der Waals surface area contributed by atoms with Crippen molar-refractivity contribution in [2.75, 3.05) is 31.1 Å². The van der Waals surface area contributed by atoms with Gasteiger partial charge in [0.1, 0.15) is 5.82 Å². The molecule has 2 aromatic rings. The maximum atomic E-state index is 13.0. The fraction of sp³-hybridized carbons (Fsp3) is 0.267. The Morgan fingerprint density at radius 2 is 1.67 bits per heavy atom. The number of nitrogens with two attached hydrogens (primary N) is 1. The lowest BCUT2D eigenvalue weighted by molar-refractivity contribution is 0.0709. The van der Waals surface area contributed by atoms with E-state index in [1.54, 1.807) is 17.0 Å². The van der Waals surface area contributed by atoms with E-state index in [4.69, 9.17) is 9.56 Å². The first-order valence-electron chi connectivity index (χ1n) is 7.27. The molecule has 1 fully saturated rings. The zero-order valence-electron chi connectivity index (χ0n) is 12.7. The van der Waals surface area contributed by atoms with Crippen LogP contribution < -0.4 is 10.0 Å². The van der Waals surface area contributed by atoms with Crippen LogP contribution in [0.5, 0.6) is 0 Å². The van der Waals surface area contributed by atoms with Crippen LogP contribution in [0.2, 0.25) is 0 Å². The van der Waals surface area contributed by atoms with Gasteiger partial charge in [0.25, 0.3) is 15.9 Å². The van der Waals surface area contributed by atoms with Crippen LogP contribution in [0.25, 0.3) is 0 Å². The van der Waals surface area contributed by atoms with Gasteiger partial charge in [-0.25, -0.2) is 17.9 Å². The van der Waals surface area contributed by atoms with Crippen molar-refractivity contribution in [3.63, 3.8) is 0 Å². The normalized spacial score (nSPS) is 15.6. The Morgan fingerprint density at radius 3 is 2.21 bits per heavy atom. The molecule has 1 saturated heterocycles. The Balaban J connectivity index is 1.65. The first-order valence-corrected chi connectivity index (χ1v) is 8.82. The molecule has 0 radical (unpaired) electrons. The Bertz CT molecular complexity index is 840. The van der Waals surface area contributed by atoms with E-state index >= 15 is 0 Å². The highest BCUT2D eigenvalue weighted by molar-refractivity contribution is 7.89. The summed E-state index contributed by atoms with van der Waals surface area (Å²) in [4.78, 5) is 16.0. The number of anilines is 1. The number of benzene rings is 1. The number of primary sulfonamides is 1. The van der Waals surface area contributed by atoms with Crippen molar-refractivity contribution in [3.8, 4) is 0 Å². The molecule has 7 nitrogen and oxygen atoms in total. The molecule has 0 aliphatic carbocycles. The van der Waals surface area contributed by atoms with Gasteiger partial charge in [0.15, 0.2) is 5.76 Å². The number of furan rings is 1. The van der Waals surface area contributed by atoms with Crippen molar-refractivity contribution in [1.29, 1.82) is 0 Å². The summed E-state index contributed by atoms with van der Waals surface area (Å²) in [5.41, 5.74) is 0.887. The van der Waals surface area contributed by atoms with Gasteiger partial charge in [-0.2, -0.15) is 0 Å². The number of rotatable bonds is 3. The molecule has 1 aliphatic heterocycles. The van der Waals surface area contributed by atoms with E-state index < -0.39 is 15.1 Å². The molecule has 9 heteroatoms. The number of hydrogen-bond acceptors (Lipinski definition) is 5. The van der Waals surface area contributed by atoms with Gasteiger partial charge < -0.3 is 14.2 Å². The second kappa shape index (κ2) is 6.25. The van der Waals surface area contributed by atoms with Crippen LogP contribution in [-0.4, -0.2) is 45.4 Å². The first-order chi connectivity index (χ1) is 11.3. The molecular formula is C15H16FN3O4S. The van der Waals surface area contributed by atoms with E-state index in [9.17, 15) is 17.6 Å². The first kappa shape index (κ1) is 16.5. The summed E-state index contributed by atoms with van der Waals surface area (Å²) in [5.74, 6) is -0.742. The van der Waals surface area contributed by atoms with E-state index in [0.717, 1.165) is 11.8 Å². The molecule has 0 saturated carbocycles. The average Bonchev–Trinajstić information content (AvgIpc) is 3.05. The fourth-order valence-corrected chi connectivity index (χ4v) is 3.03. The van der Waals surface area contributed by atoms with Gasteiger partial charge in [0, 0.05) is 31.9 Å². The third-order valence-electron chi connectivity index (χ3n) is 3.83. The predicted molar refractivity (Wildman–Crippen MR) is 84.6 cm³/mol. The van der Waals surface area contributed by atoms with Crippen molar-refractivity contribution in [2.45, 2.75) is 5.09 Å². The van der Waals surface area contributed by atoms with Crippen molar-refractivity contribution >= 4 is 21.6 Å². The van der Waals surface area contributed by atoms with E-state index in [2.05, 4.69) is 0 Å². The van der Waals surface area contributed by atoms with Crippen LogP contribution in [-0.2, 0) is 10.0 Å². The molecule has 2 heterocycles. The minimum Gasteiger partial charge on any atom is -0.438 e. The van der Waals surface area contributed by atoms with Crippen LogP contribution in [0.15, 0.2) is 45.9 Å². The van der Waals surface area contributed by atoms with Crippen LogP contribution in [0.4, 0.5) is 10.1 Å². The van der Waals surface area contributed by atoms with Gasteiger partial charge in [-0.15, -0.1) is 0 Å². The van der Waals surface area contributed by atoms with Crippen molar-refractivity contribution < 1.29 is 22.0 Å². The maximum Gasteiger partial charge on any atom is 0.289 e. The number of sulfonamides is 1. The van der Waals surface area contributed by atoms with Gasteiger partial charge in [-0.05, 0) is 36.4 Å². The number of piperazine rings is 1. The quantitative estimate of drug-likeness (QED) is 0.889. The van der Waals surface area contributed by atoms with Crippen molar-refractivity contribution in [3.05, 3.63) is 48.0 Å². The molecule has 1 aliphatic rings. The molecule has 128 valence electrons. The highest BCUT2D eigenvalue weighted by Crippen LogP contribution is 2.19. The van der Waals surface area contributed by atoms with E-state index in [1.807, 2.05) is 4.90 Å². The highest BCUT2D eigenvalue weighted by atomic mass is 32.2. The van der Waals surface area contributed by atoms with Crippen LogP contribution in [0.3, 0.4) is 0 Å². The minimum absolute atomic E-state index is 0.0609. The molecular weight excluding hydrogens is 337 g/mol. The predicted octanol–water partition coefficient (Wildman–Crippen LogP) is 1.03. The van der Waals surface area contributed by atoms with Crippen molar-refractivity contribution in [2.24, 2.45) is 5.14 Å². The van der Waals surface area contributed by atoms with Gasteiger partial charge in [0.2, 0.25) is 5.09 Å². The van der Waals surface area contributed by atoms with Crippen LogP contribution in [0, 0.1) is 5.82 Å². The molecule has 1 aromatic heterocycles. The summed E-state index contributed by atoms with van der Waals surface area (Å²) in [5, 5.41) is 4.53. The Kier molecular flexibility index (Phi) is 4.29. The summed E-state index contributed by atoms with van der Waals surface area (Å²) < 4.78 is 40.4.